The Balaban J connectivity index is 1.87. The van der Waals surface area contributed by atoms with Crippen molar-refractivity contribution in [1.29, 1.82) is 0 Å². The number of nitrogens with zero attached hydrogens (tertiary/aromatic N) is 2. The van der Waals surface area contributed by atoms with E-state index in [1.165, 1.54) is 10.8 Å². The van der Waals surface area contributed by atoms with Crippen LogP contribution in [-0.4, -0.2) is 9.35 Å². The minimum absolute atomic E-state index is 1.01. The van der Waals surface area contributed by atoms with Crippen molar-refractivity contribution < 1.29 is 0 Å². The molecule has 0 aliphatic rings. The number of aromatic nitrogens is 2. The third-order valence-electron chi connectivity index (χ3n) is 5.50. The first-order valence-corrected chi connectivity index (χ1v) is 8.62. The molecule has 0 aliphatic heterocycles. The van der Waals surface area contributed by atoms with E-state index >= 15 is 0 Å². The van der Waals surface area contributed by atoms with Gasteiger partial charge in [-0.25, -0.2) is 0 Å². The van der Waals surface area contributed by atoms with E-state index in [0.29, 0.717) is 0 Å². The molecule has 124 valence electrons. The number of nitrogens with two attached hydrogens (primary N) is 2. The van der Waals surface area contributed by atoms with Gasteiger partial charge in [0.25, 0.3) is 0 Å². The van der Waals surface area contributed by atoms with Crippen molar-refractivity contribution in [3.63, 3.8) is 0 Å². The topological polar surface area (TPSA) is 61.9 Å². The highest BCUT2D eigenvalue weighted by molar-refractivity contribution is 6.19. The Morgan fingerprint density at radius 2 is 0.962 bits per heavy atom. The van der Waals surface area contributed by atoms with Crippen molar-refractivity contribution >= 4 is 54.4 Å². The lowest BCUT2D eigenvalue weighted by Gasteiger charge is -2.00. The summed E-state index contributed by atoms with van der Waals surface area (Å²) in [6.07, 6.45) is 0. The molecular formula is C22H16N4. The Hall–Kier alpha value is -3.66. The van der Waals surface area contributed by atoms with Crippen LogP contribution in [0.3, 0.4) is 0 Å². The van der Waals surface area contributed by atoms with Crippen LogP contribution in [0.4, 0.5) is 0 Å². The fourth-order valence-electron chi connectivity index (χ4n) is 4.22. The second-order valence-electron chi connectivity index (χ2n) is 6.86. The summed E-state index contributed by atoms with van der Waals surface area (Å²) in [5.74, 6) is 12.9. The molecule has 2 aromatic heterocycles. The third kappa shape index (κ3) is 1.54. The smallest absolute Gasteiger partial charge is 0.0711 e. The van der Waals surface area contributed by atoms with Crippen molar-refractivity contribution in [1.82, 2.24) is 9.35 Å². The molecule has 6 rings (SSSR count). The first-order chi connectivity index (χ1) is 12.7. The summed E-state index contributed by atoms with van der Waals surface area (Å²) >= 11 is 0. The first-order valence-electron chi connectivity index (χ1n) is 8.62. The average Bonchev–Trinajstić information content (AvgIpc) is 3.12. The van der Waals surface area contributed by atoms with Gasteiger partial charge in [0.2, 0.25) is 0 Å². The fraction of sp³-hybridized carbons (Fsp3) is 0. The molecule has 0 spiro atoms. The first kappa shape index (κ1) is 13.6. The second kappa shape index (κ2) is 4.49. The van der Waals surface area contributed by atoms with Crippen LogP contribution >= 0.6 is 0 Å². The normalized spacial score (nSPS) is 12.2. The molecule has 0 amide bonds. The molecule has 4 heteroatoms. The molecule has 0 saturated carbocycles. The summed E-state index contributed by atoms with van der Waals surface area (Å²) < 4.78 is 3.56. The standard InChI is InChI=1S/C22H16N4/c23-25-19-8-4-3-7-15(19)17-11-22-18(12-21(17)25)16-9-13-5-1-2-6-14(13)10-20(16)26(22)24/h1-12H,23-24H2. The Morgan fingerprint density at radius 1 is 0.462 bits per heavy atom. The Bertz CT molecular complexity index is 1500. The van der Waals surface area contributed by atoms with E-state index in [1.807, 2.05) is 18.2 Å². The molecule has 0 unspecified atom stereocenters. The predicted molar refractivity (Wildman–Crippen MR) is 110 cm³/mol. The van der Waals surface area contributed by atoms with Gasteiger partial charge in [-0.3, -0.25) is 9.35 Å². The van der Waals surface area contributed by atoms with Crippen LogP contribution in [0.25, 0.3) is 54.4 Å². The van der Waals surface area contributed by atoms with Crippen LogP contribution in [0.15, 0.2) is 72.8 Å². The maximum atomic E-state index is 6.49. The zero-order valence-corrected chi connectivity index (χ0v) is 14.0. The SMILES string of the molecule is Nn1c2ccccc2c2cc3c(cc21)c1cc2ccccc2cc1n3N. The van der Waals surface area contributed by atoms with Gasteiger partial charge in [-0.2, -0.15) is 0 Å². The molecular weight excluding hydrogens is 320 g/mol. The van der Waals surface area contributed by atoms with E-state index in [1.54, 1.807) is 9.35 Å². The molecule has 4 N–H and O–H groups in total. The van der Waals surface area contributed by atoms with Gasteiger partial charge in [-0.15, -0.1) is 0 Å². The molecule has 6 aromatic rings. The van der Waals surface area contributed by atoms with Crippen molar-refractivity contribution in [3.05, 3.63) is 72.8 Å². The highest BCUT2D eigenvalue weighted by atomic mass is 15.3. The van der Waals surface area contributed by atoms with E-state index < -0.39 is 0 Å². The number of fused-ring (bicyclic) bond motifs is 7. The van der Waals surface area contributed by atoms with Gasteiger partial charge in [0.1, 0.15) is 0 Å². The van der Waals surface area contributed by atoms with Crippen molar-refractivity contribution in [2.75, 3.05) is 11.7 Å². The van der Waals surface area contributed by atoms with Crippen LogP contribution in [0, 0.1) is 0 Å². The van der Waals surface area contributed by atoms with Gasteiger partial charge in [-0.05, 0) is 41.1 Å². The minimum atomic E-state index is 1.01. The van der Waals surface area contributed by atoms with Crippen LogP contribution in [0.1, 0.15) is 0 Å². The van der Waals surface area contributed by atoms with Gasteiger partial charge in [0.15, 0.2) is 0 Å². The number of benzene rings is 4. The van der Waals surface area contributed by atoms with Crippen molar-refractivity contribution in [3.8, 4) is 0 Å². The second-order valence-corrected chi connectivity index (χ2v) is 6.86. The van der Waals surface area contributed by atoms with Crippen molar-refractivity contribution in [2.24, 2.45) is 0 Å². The van der Waals surface area contributed by atoms with E-state index in [4.69, 9.17) is 11.7 Å². The van der Waals surface area contributed by atoms with E-state index in [2.05, 4.69) is 54.6 Å². The molecule has 0 fully saturated rings. The molecule has 4 nitrogen and oxygen atoms in total. The largest absolute Gasteiger partial charge is 0.339 e. The molecule has 0 saturated heterocycles. The molecule has 0 atom stereocenters. The predicted octanol–water partition coefficient (Wildman–Crippen LogP) is 4.48. The molecule has 4 aromatic carbocycles. The van der Waals surface area contributed by atoms with E-state index in [0.717, 1.165) is 43.6 Å². The number of para-hydroxylation sites is 1. The zero-order valence-electron chi connectivity index (χ0n) is 14.0. The summed E-state index contributed by atoms with van der Waals surface area (Å²) in [5, 5.41) is 6.93. The van der Waals surface area contributed by atoms with Gasteiger partial charge in [0, 0.05) is 21.5 Å². The lowest BCUT2D eigenvalue weighted by Crippen LogP contribution is -2.07. The maximum absolute atomic E-state index is 6.49. The van der Waals surface area contributed by atoms with Crippen LogP contribution in [0.5, 0.6) is 0 Å². The molecule has 0 aliphatic carbocycles. The van der Waals surface area contributed by atoms with Gasteiger partial charge in [-0.1, -0.05) is 42.5 Å². The van der Waals surface area contributed by atoms with E-state index in [9.17, 15) is 0 Å². The number of hydrogen-bond acceptors (Lipinski definition) is 2. The fourth-order valence-corrected chi connectivity index (χ4v) is 4.22. The Kier molecular flexibility index (Phi) is 2.35. The van der Waals surface area contributed by atoms with Gasteiger partial charge < -0.3 is 11.7 Å². The Labute approximate surface area is 148 Å². The lowest BCUT2D eigenvalue weighted by molar-refractivity contribution is 1.11. The summed E-state index contributed by atoms with van der Waals surface area (Å²) in [6, 6.07) is 25.2. The summed E-state index contributed by atoms with van der Waals surface area (Å²) in [6.45, 7) is 0. The zero-order chi connectivity index (χ0) is 17.4. The van der Waals surface area contributed by atoms with Crippen LogP contribution < -0.4 is 11.7 Å². The van der Waals surface area contributed by atoms with E-state index in [-0.39, 0.29) is 0 Å². The maximum Gasteiger partial charge on any atom is 0.0711 e. The highest BCUT2D eigenvalue weighted by Crippen LogP contribution is 2.36. The number of rotatable bonds is 0. The molecule has 0 bridgehead atoms. The van der Waals surface area contributed by atoms with Gasteiger partial charge >= 0.3 is 0 Å². The molecule has 26 heavy (non-hydrogen) atoms. The molecule has 0 radical (unpaired) electrons. The third-order valence-corrected chi connectivity index (χ3v) is 5.50. The minimum Gasteiger partial charge on any atom is -0.339 e. The highest BCUT2D eigenvalue weighted by Gasteiger charge is 2.15. The number of nitrogen functional groups attached to an aromatic ring is 2. The lowest BCUT2D eigenvalue weighted by atomic mass is 10.1. The Morgan fingerprint density at radius 3 is 1.73 bits per heavy atom. The van der Waals surface area contributed by atoms with Crippen LogP contribution in [-0.2, 0) is 0 Å². The number of hydrogen-bond donors (Lipinski definition) is 2. The average molecular weight is 336 g/mol. The molecule has 2 heterocycles. The summed E-state index contributed by atoms with van der Waals surface area (Å²) in [4.78, 5) is 0. The van der Waals surface area contributed by atoms with Gasteiger partial charge in [0.05, 0.1) is 22.1 Å². The summed E-state index contributed by atoms with van der Waals surface area (Å²) in [7, 11) is 0. The quantitative estimate of drug-likeness (QED) is 0.402. The van der Waals surface area contributed by atoms with Crippen molar-refractivity contribution in [2.45, 2.75) is 0 Å². The summed E-state index contributed by atoms with van der Waals surface area (Å²) in [5.41, 5.74) is 4.08. The monoisotopic (exact) mass is 336 g/mol. The van der Waals surface area contributed by atoms with Crippen LogP contribution in [0.2, 0.25) is 0 Å².